The number of hydrogen-bond donors (Lipinski definition) is 1. The first-order chi connectivity index (χ1) is 6.46. The van der Waals surface area contributed by atoms with E-state index in [1.165, 1.54) is 25.7 Å². The number of nitrogens with zero attached hydrogens (tertiary/aromatic N) is 1. The summed E-state index contributed by atoms with van der Waals surface area (Å²) in [6.45, 7) is 6.81. The first-order valence-electron chi connectivity index (χ1n) is 5.95. The molecule has 0 radical (unpaired) electrons. The normalized spacial score (nSPS) is 36.4. The van der Waals surface area contributed by atoms with Gasteiger partial charge in [0.15, 0.2) is 0 Å². The third-order valence-corrected chi connectivity index (χ3v) is 3.74. The van der Waals surface area contributed by atoms with Crippen LogP contribution in [0.5, 0.6) is 0 Å². The largest absolute Gasteiger partial charge is 0.309 e. The third-order valence-electron chi connectivity index (χ3n) is 3.74. The maximum Gasteiger partial charge on any atom is 0.0111 e. The summed E-state index contributed by atoms with van der Waals surface area (Å²) in [7, 11) is 2.30. The molecule has 2 aliphatic heterocycles. The highest BCUT2D eigenvalue weighted by Gasteiger charge is 2.38. The molecular weight excluding hydrogens is 184 g/mol. The fraction of sp³-hybridized carbons (Fsp3) is 1.00. The Kier molecular flexibility index (Phi) is 3.83. The van der Waals surface area contributed by atoms with Crippen molar-refractivity contribution in [1.29, 1.82) is 0 Å². The van der Waals surface area contributed by atoms with Gasteiger partial charge < -0.3 is 10.2 Å². The van der Waals surface area contributed by atoms with Gasteiger partial charge in [0.25, 0.3) is 0 Å². The van der Waals surface area contributed by atoms with E-state index >= 15 is 0 Å². The molecule has 2 aliphatic rings. The Hall–Kier alpha value is -0.0800. The summed E-state index contributed by atoms with van der Waals surface area (Å²) in [5.74, 6) is 0. The first kappa shape index (κ1) is 13.0. The van der Waals surface area contributed by atoms with Crippen LogP contribution < -0.4 is 5.32 Å². The molecule has 0 aromatic rings. The Morgan fingerprint density at radius 3 is 1.93 bits per heavy atom. The van der Waals surface area contributed by atoms with Crippen LogP contribution in [0.2, 0.25) is 0 Å². The highest BCUT2D eigenvalue weighted by Crippen LogP contribution is 2.34. The molecule has 0 aromatic carbocycles. The van der Waals surface area contributed by atoms with Gasteiger partial charge in [0.05, 0.1) is 0 Å². The number of fused-ring (bicyclic) bond motifs is 2. The highest BCUT2D eigenvalue weighted by molar-refractivity contribution is 4.97. The Morgan fingerprint density at radius 2 is 1.53 bits per heavy atom. The quantitative estimate of drug-likeness (QED) is 0.719. The van der Waals surface area contributed by atoms with Crippen LogP contribution in [0, 0.1) is 0 Å². The van der Waals surface area contributed by atoms with Crippen molar-refractivity contribution in [2.45, 2.75) is 77.5 Å². The van der Waals surface area contributed by atoms with Gasteiger partial charge in [-0.1, -0.05) is 7.43 Å². The predicted molar refractivity (Wildman–Crippen MR) is 67.2 cm³/mol. The van der Waals surface area contributed by atoms with Crippen LogP contribution in [0.3, 0.4) is 0 Å². The molecule has 15 heavy (non-hydrogen) atoms. The second-order valence-corrected chi connectivity index (χ2v) is 6.11. The van der Waals surface area contributed by atoms with Gasteiger partial charge in [-0.25, -0.2) is 0 Å². The van der Waals surface area contributed by atoms with Gasteiger partial charge in [0.2, 0.25) is 0 Å². The van der Waals surface area contributed by atoms with Crippen molar-refractivity contribution < 1.29 is 0 Å². The molecule has 0 aromatic heterocycles. The van der Waals surface area contributed by atoms with Gasteiger partial charge in [-0.3, -0.25) is 0 Å². The maximum absolute atomic E-state index is 3.75. The van der Waals surface area contributed by atoms with Gasteiger partial charge in [-0.2, -0.15) is 0 Å². The Morgan fingerprint density at radius 1 is 1.07 bits per heavy atom. The zero-order valence-corrected chi connectivity index (χ0v) is 10.0. The van der Waals surface area contributed by atoms with E-state index in [0.29, 0.717) is 0 Å². The van der Waals surface area contributed by atoms with Gasteiger partial charge in [-0.05, 0) is 53.5 Å². The topological polar surface area (TPSA) is 15.3 Å². The molecule has 90 valence electrons. The van der Waals surface area contributed by atoms with Crippen molar-refractivity contribution in [2.75, 3.05) is 7.05 Å². The van der Waals surface area contributed by atoms with Crippen molar-refractivity contribution in [3.8, 4) is 0 Å². The lowest BCUT2D eigenvalue weighted by Gasteiger charge is -2.39. The number of rotatable bonds is 1. The minimum atomic E-state index is 0. The van der Waals surface area contributed by atoms with Crippen LogP contribution in [0.4, 0.5) is 0 Å². The molecule has 2 heterocycles. The second kappa shape index (κ2) is 4.42. The third kappa shape index (κ3) is 2.94. The van der Waals surface area contributed by atoms with Crippen molar-refractivity contribution in [2.24, 2.45) is 0 Å². The fourth-order valence-electron chi connectivity index (χ4n) is 3.14. The molecule has 2 nitrogen and oxygen atoms in total. The van der Waals surface area contributed by atoms with E-state index in [2.05, 4.69) is 38.0 Å². The van der Waals surface area contributed by atoms with E-state index in [9.17, 15) is 0 Å². The molecular formula is C13H28N2. The van der Waals surface area contributed by atoms with Gasteiger partial charge in [0, 0.05) is 23.7 Å². The highest BCUT2D eigenvalue weighted by atomic mass is 15.2. The average Bonchev–Trinajstić information content (AvgIpc) is 2.32. The van der Waals surface area contributed by atoms with Crippen LogP contribution in [0.25, 0.3) is 0 Å². The Labute approximate surface area is 95.4 Å². The Bertz CT molecular complexity index is 193. The molecule has 2 unspecified atom stereocenters. The van der Waals surface area contributed by atoms with Crippen molar-refractivity contribution in [3.05, 3.63) is 0 Å². The number of piperidine rings is 1. The van der Waals surface area contributed by atoms with Crippen molar-refractivity contribution in [3.63, 3.8) is 0 Å². The lowest BCUT2D eigenvalue weighted by atomic mass is 9.95. The van der Waals surface area contributed by atoms with Gasteiger partial charge >= 0.3 is 0 Å². The summed E-state index contributed by atoms with van der Waals surface area (Å²) in [6, 6.07) is 2.46. The predicted octanol–water partition coefficient (Wildman–Crippen LogP) is 2.64. The van der Waals surface area contributed by atoms with E-state index in [-0.39, 0.29) is 13.0 Å². The van der Waals surface area contributed by atoms with Crippen LogP contribution in [-0.4, -0.2) is 35.6 Å². The second-order valence-electron chi connectivity index (χ2n) is 6.11. The standard InChI is InChI=1S/C12H24N2.CH4/c1-12(2,3)13-9-7-10-5-6-11(8-9)14(10)4;/h9-11,13H,5-8H2,1-4H3;1H4. The summed E-state index contributed by atoms with van der Waals surface area (Å²) in [5, 5.41) is 3.75. The van der Waals surface area contributed by atoms with Crippen molar-refractivity contribution in [1.82, 2.24) is 10.2 Å². The van der Waals surface area contributed by atoms with Gasteiger partial charge in [0.1, 0.15) is 0 Å². The molecule has 1 N–H and O–H groups in total. The van der Waals surface area contributed by atoms with Gasteiger partial charge in [-0.15, -0.1) is 0 Å². The van der Waals surface area contributed by atoms with E-state index < -0.39 is 0 Å². The number of hydrogen-bond acceptors (Lipinski definition) is 2. The molecule has 2 heteroatoms. The SMILES string of the molecule is C.CN1C2CCC1CC(NC(C)(C)C)C2. The zero-order valence-electron chi connectivity index (χ0n) is 10.0. The summed E-state index contributed by atoms with van der Waals surface area (Å²) < 4.78 is 0. The lowest BCUT2D eigenvalue weighted by molar-refractivity contribution is 0.136. The molecule has 0 saturated carbocycles. The van der Waals surface area contributed by atoms with E-state index in [0.717, 1.165) is 18.1 Å². The fourth-order valence-corrected chi connectivity index (χ4v) is 3.14. The molecule has 0 aliphatic carbocycles. The molecule has 0 amide bonds. The van der Waals surface area contributed by atoms with Crippen LogP contribution in [0.15, 0.2) is 0 Å². The van der Waals surface area contributed by atoms with Crippen LogP contribution in [0.1, 0.15) is 53.9 Å². The molecule has 0 spiro atoms. The summed E-state index contributed by atoms with van der Waals surface area (Å²) in [5.41, 5.74) is 0.278. The minimum Gasteiger partial charge on any atom is -0.309 e. The summed E-state index contributed by atoms with van der Waals surface area (Å²) in [6.07, 6.45) is 5.54. The monoisotopic (exact) mass is 212 g/mol. The molecule has 2 fully saturated rings. The summed E-state index contributed by atoms with van der Waals surface area (Å²) >= 11 is 0. The summed E-state index contributed by atoms with van der Waals surface area (Å²) in [4.78, 5) is 2.60. The average molecular weight is 212 g/mol. The molecule has 2 rings (SSSR count). The first-order valence-corrected chi connectivity index (χ1v) is 5.95. The maximum atomic E-state index is 3.75. The van der Waals surface area contributed by atoms with Crippen molar-refractivity contribution >= 4 is 0 Å². The van der Waals surface area contributed by atoms with E-state index in [1.807, 2.05) is 0 Å². The molecule has 2 bridgehead atoms. The zero-order chi connectivity index (χ0) is 10.3. The Balaban J connectivity index is 0.00000112. The lowest BCUT2D eigenvalue weighted by Crippen LogP contribution is -2.52. The number of nitrogens with one attached hydrogen (secondary N) is 1. The minimum absolute atomic E-state index is 0. The van der Waals surface area contributed by atoms with E-state index in [4.69, 9.17) is 0 Å². The molecule has 2 atom stereocenters. The molecule has 2 saturated heterocycles. The van der Waals surface area contributed by atoms with Crippen LogP contribution in [-0.2, 0) is 0 Å². The van der Waals surface area contributed by atoms with E-state index in [1.54, 1.807) is 0 Å². The van der Waals surface area contributed by atoms with Crippen LogP contribution >= 0.6 is 0 Å². The smallest absolute Gasteiger partial charge is 0.0111 e.